The predicted octanol–water partition coefficient (Wildman–Crippen LogP) is 3.13. The number of nitrogens with one attached hydrogen (secondary N) is 1. The van der Waals surface area contributed by atoms with Crippen molar-refractivity contribution in [2.75, 3.05) is 18.6 Å². The molecule has 0 aromatic carbocycles. The Labute approximate surface area is 143 Å². The van der Waals surface area contributed by atoms with E-state index in [0.717, 1.165) is 22.8 Å². The monoisotopic (exact) mass is 412 g/mol. The Balaban J connectivity index is 2.19. The molecule has 0 bridgehead atoms. The smallest absolute Gasteiger partial charge is 0.245 e. The summed E-state index contributed by atoms with van der Waals surface area (Å²) in [5.41, 5.74) is 0. The molecule has 2 rings (SSSR count). The SMILES string of the molecule is CC(C)NCc1cc(S(=O)(=O)N(C)C2CCSC2)c(Br)s1. The normalized spacial score (nSPS) is 19.8. The second-order valence-electron chi connectivity index (χ2n) is 5.42. The number of nitrogens with zero attached hydrogens (tertiary/aromatic N) is 1. The topological polar surface area (TPSA) is 49.4 Å². The maximum absolute atomic E-state index is 12.8. The highest BCUT2D eigenvalue weighted by atomic mass is 79.9. The quantitative estimate of drug-likeness (QED) is 0.779. The van der Waals surface area contributed by atoms with Crippen molar-refractivity contribution in [1.82, 2.24) is 9.62 Å². The van der Waals surface area contributed by atoms with Gasteiger partial charge in [0, 0.05) is 36.3 Å². The van der Waals surface area contributed by atoms with Crippen LogP contribution in [0.3, 0.4) is 0 Å². The van der Waals surface area contributed by atoms with Crippen molar-refractivity contribution in [1.29, 1.82) is 0 Å². The molecule has 21 heavy (non-hydrogen) atoms. The molecule has 120 valence electrons. The number of thiophene rings is 1. The average Bonchev–Trinajstić information content (AvgIpc) is 3.04. The molecular weight excluding hydrogens is 392 g/mol. The van der Waals surface area contributed by atoms with Gasteiger partial charge in [-0.3, -0.25) is 0 Å². The van der Waals surface area contributed by atoms with E-state index in [0.29, 0.717) is 21.3 Å². The van der Waals surface area contributed by atoms with Gasteiger partial charge in [0.15, 0.2) is 0 Å². The highest BCUT2D eigenvalue weighted by molar-refractivity contribution is 9.11. The molecule has 1 aliphatic rings. The number of hydrogen-bond donors (Lipinski definition) is 1. The highest BCUT2D eigenvalue weighted by Crippen LogP contribution is 2.35. The molecule has 2 heterocycles. The van der Waals surface area contributed by atoms with E-state index in [1.165, 1.54) is 11.3 Å². The first-order chi connectivity index (χ1) is 9.82. The third kappa shape index (κ3) is 4.23. The molecule has 1 aliphatic heterocycles. The molecule has 8 heteroatoms. The van der Waals surface area contributed by atoms with Crippen molar-refractivity contribution >= 4 is 49.1 Å². The van der Waals surface area contributed by atoms with Crippen molar-refractivity contribution in [3.8, 4) is 0 Å². The average molecular weight is 413 g/mol. The van der Waals surface area contributed by atoms with E-state index in [9.17, 15) is 8.42 Å². The van der Waals surface area contributed by atoms with Crippen molar-refractivity contribution in [3.05, 3.63) is 14.7 Å². The van der Waals surface area contributed by atoms with Crippen molar-refractivity contribution in [3.63, 3.8) is 0 Å². The summed E-state index contributed by atoms with van der Waals surface area (Å²) in [5, 5.41) is 3.32. The molecule has 0 saturated carbocycles. The fourth-order valence-corrected chi connectivity index (χ4v) is 7.45. The molecule has 0 amide bonds. The minimum absolute atomic E-state index is 0.115. The van der Waals surface area contributed by atoms with Crippen LogP contribution in [0, 0.1) is 0 Å². The van der Waals surface area contributed by atoms with Gasteiger partial charge >= 0.3 is 0 Å². The number of halogens is 1. The summed E-state index contributed by atoms with van der Waals surface area (Å²) in [6.07, 6.45) is 0.934. The van der Waals surface area contributed by atoms with Gasteiger partial charge in [-0.2, -0.15) is 16.1 Å². The zero-order valence-corrected chi connectivity index (χ0v) is 16.5. The molecule has 1 fully saturated rings. The van der Waals surface area contributed by atoms with Gasteiger partial charge in [0.1, 0.15) is 4.90 Å². The van der Waals surface area contributed by atoms with Gasteiger partial charge in [-0.25, -0.2) is 8.42 Å². The Morgan fingerprint density at radius 3 is 2.81 bits per heavy atom. The van der Waals surface area contributed by atoms with Gasteiger partial charge in [0.05, 0.1) is 3.79 Å². The number of hydrogen-bond acceptors (Lipinski definition) is 5. The second kappa shape index (κ2) is 7.31. The van der Waals surface area contributed by atoms with Gasteiger partial charge in [-0.1, -0.05) is 13.8 Å². The van der Waals surface area contributed by atoms with Crippen LogP contribution in [-0.4, -0.2) is 43.4 Å². The highest BCUT2D eigenvalue weighted by Gasteiger charge is 2.32. The molecule has 4 nitrogen and oxygen atoms in total. The third-order valence-corrected chi connectivity index (χ3v) is 8.77. The summed E-state index contributed by atoms with van der Waals surface area (Å²) < 4.78 is 27.8. The van der Waals surface area contributed by atoms with E-state index in [1.54, 1.807) is 17.4 Å². The molecule has 1 aromatic rings. The van der Waals surface area contributed by atoms with E-state index in [1.807, 2.05) is 11.8 Å². The minimum atomic E-state index is -3.42. The van der Waals surface area contributed by atoms with Crippen LogP contribution < -0.4 is 5.32 Å². The summed E-state index contributed by atoms with van der Waals surface area (Å²) in [5.74, 6) is 1.93. The molecule has 1 unspecified atom stereocenters. The van der Waals surface area contributed by atoms with E-state index in [-0.39, 0.29) is 6.04 Å². The number of sulfonamides is 1. The fraction of sp³-hybridized carbons (Fsp3) is 0.692. The van der Waals surface area contributed by atoms with Crippen LogP contribution in [0.25, 0.3) is 0 Å². The largest absolute Gasteiger partial charge is 0.310 e. The molecular formula is C13H21BrN2O2S3. The lowest BCUT2D eigenvalue weighted by Crippen LogP contribution is -2.36. The number of rotatable bonds is 6. The van der Waals surface area contributed by atoms with Crippen LogP contribution in [-0.2, 0) is 16.6 Å². The lowest BCUT2D eigenvalue weighted by Gasteiger charge is -2.22. The standard InChI is InChI=1S/C13H21BrN2O2S3/c1-9(2)15-7-11-6-12(13(14)20-11)21(17,18)16(3)10-4-5-19-8-10/h6,9-10,15H,4-5,7-8H2,1-3H3. The first kappa shape index (κ1) is 17.7. The Morgan fingerprint density at radius 1 is 1.52 bits per heavy atom. The minimum Gasteiger partial charge on any atom is -0.310 e. The Hall–Kier alpha value is 0.400. The van der Waals surface area contributed by atoms with Gasteiger partial charge in [0.25, 0.3) is 0 Å². The Bertz CT molecular complexity index is 580. The lowest BCUT2D eigenvalue weighted by molar-refractivity contribution is 0.394. The van der Waals surface area contributed by atoms with Crippen LogP contribution in [0.1, 0.15) is 25.1 Å². The van der Waals surface area contributed by atoms with Gasteiger partial charge in [-0.15, -0.1) is 11.3 Å². The van der Waals surface area contributed by atoms with Crippen LogP contribution in [0.5, 0.6) is 0 Å². The zero-order valence-electron chi connectivity index (χ0n) is 12.4. The summed E-state index contributed by atoms with van der Waals surface area (Å²) >= 11 is 6.72. The lowest BCUT2D eigenvalue weighted by atomic mass is 10.3. The van der Waals surface area contributed by atoms with Crippen molar-refractivity contribution in [2.24, 2.45) is 0 Å². The van der Waals surface area contributed by atoms with Gasteiger partial charge in [-0.05, 0) is 34.2 Å². The Kier molecular flexibility index (Phi) is 6.18. The van der Waals surface area contributed by atoms with Crippen LogP contribution in [0.2, 0.25) is 0 Å². The first-order valence-electron chi connectivity index (χ1n) is 6.89. The van der Waals surface area contributed by atoms with Crippen molar-refractivity contribution in [2.45, 2.75) is 43.8 Å². The van der Waals surface area contributed by atoms with E-state index in [4.69, 9.17) is 0 Å². The molecule has 1 atom stereocenters. The predicted molar refractivity (Wildman–Crippen MR) is 94.7 cm³/mol. The number of thioether (sulfide) groups is 1. The summed E-state index contributed by atoms with van der Waals surface area (Å²) in [6.45, 7) is 4.84. The molecule has 1 saturated heterocycles. The Morgan fingerprint density at radius 2 is 2.24 bits per heavy atom. The second-order valence-corrected chi connectivity index (χ2v) is 11.0. The van der Waals surface area contributed by atoms with Gasteiger partial charge < -0.3 is 5.32 Å². The third-order valence-electron chi connectivity index (χ3n) is 3.47. The van der Waals surface area contributed by atoms with Crippen molar-refractivity contribution < 1.29 is 8.42 Å². The summed E-state index contributed by atoms with van der Waals surface area (Å²) in [6, 6.07) is 2.28. The van der Waals surface area contributed by atoms with Crippen LogP contribution in [0.15, 0.2) is 14.7 Å². The molecule has 0 aliphatic carbocycles. The van der Waals surface area contributed by atoms with Gasteiger partial charge in [0.2, 0.25) is 10.0 Å². The molecule has 1 N–H and O–H groups in total. The molecule has 0 radical (unpaired) electrons. The molecule has 0 spiro atoms. The van der Waals surface area contributed by atoms with Crippen LogP contribution >= 0.6 is 39.0 Å². The van der Waals surface area contributed by atoms with Crippen LogP contribution in [0.4, 0.5) is 0 Å². The van der Waals surface area contributed by atoms with E-state index in [2.05, 4.69) is 35.1 Å². The maximum Gasteiger partial charge on any atom is 0.245 e. The summed E-state index contributed by atoms with van der Waals surface area (Å²) in [7, 11) is -1.72. The van der Waals surface area contributed by atoms with E-state index >= 15 is 0 Å². The van der Waals surface area contributed by atoms with E-state index < -0.39 is 10.0 Å². The molecule has 1 aromatic heterocycles. The maximum atomic E-state index is 12.8. The fourth-order valence-electron chi connectivity index (χ4n) is 2.13. The first-order valence-corrected chi connectivity index (χ1v) is 11.1. The zero-order chi connectivity index (χ0) is 15.6. The summed E-state index contributed by atoms with van der Waals surface area (Å²) in [4.78, 5) is 1.43.